The summed E-state index contributed by atoms with van der Waals surface area (Å²) in [6.45, 7) is 5.90. The van der Waals surface area contributed by atoms with Gasteiger partial charge in [-0.25, -0.2) is 14.6 Å². The molecule has 2 amide bonds. The number of carboxylic acid groups (broad SMARTS) is 1. The lowest BCUT2D eigenvalue weighted by Gasteiger charge is -2.20. The van der Waals surface area contributed by atoms with Crippen LogP contribution in [0.3, 0.4) is 0 Å². The number of imidazole rings is 1. The Bertz CT molecular complexity index is 417. The molecule has 3 N–H and O–H groups in total. The number of hydrogen-bond acceptors (Lipinski definition) is 3. The van der Waals surface area contributed by atoms with Gasteiger partial charge in [0.15, 0.2) is 0 Å². The number of carbonyl (C=O) groups is 2. The van der Waals surface area contributed by atoms with Crippen LogP contribution in [0.25, 0.3) is 0 Å². The molecule has 0 bridgehead atoms. The van der Waals surface area contributed by atoms with Crippen LogP contribution in [0.1, 0.15) is 20.8 Å². The Morgan fingerprint density at radius 1 is 1.32 bits per heavy atom. The predicted octanol–water partition coefficient (Wildman–Crippen LogP) is 0.680. The summed E-state index contributed by atoms with van der Waals surface area (Å²) in [5.41, 5.74) is 0. The highest BCUT2D eigenvalue weighted by Gasteiger charge is 2.23. The number of hydrogen-bond donors (Lipinski definition) is 3. The molecule has 0 saturated carbocycles. The van der Waals surface area contributed by atoms with Crippen molar-refractivity contribution in [3.05, 3.63) is 18.7 Å². The van der Waals surface area contributed by atoms with Crippen molar-refractivity contribution in [3.8, 4) is 0 Å². The average Bonchev–Trinajstić information content (AvgIpc) is 2.77. The molecule has 0 aliphatic carbocycles. The van der Waals surface area contributed by atoms with Crippen molar-refractivity contribution in [2.24, 2.45) is 5.92 Å². The summed E-state index contributed by atoms with van der Waals surface area (Å²) in [4.78, 5) is 26.6. The maximum atomic E-state index is 11.7. The molecule has 1 aromatic rings. The number of carboxylic acids is 1. The summed E-state index contributed by atoms with van der Waals surface area (Å²) in [6, 6.07) is -1.50. The molecule has 0 aliphatic rings. The fourth-order valence-electron chi connectivity index (χ4n) is 1.68. The molecule has 1 heterocycles. The van der Waals surface area contributed by atoms with E-state index in [-0.39, 0.29) is 12.0 Å². The molecule has 19 heavy (non-hydrogen) atoms. The molecular formula is C12H20N4O3. The van der Waals surface area contributed by atoms with Gasteiger partial charge in [0, 0.05) is 25.0 Å². The third-order valence-corrected chi connectivity index (χ3v) is 2.64. The zero-order valence-corrected chi connectivity index (χ0v) is 11.3. The number of nitrogens with one attached hydrogen (secondary N) is 2. The Morgan fingerprint density at radius 2 is 2.00 bits per heavy atom. The second kappa shape index (κ2) is 6.77. The number of aromatic nitrogens is 2. The summed E-state index contributed by atoms with van der Waals surface area (Å²) < 4.78 is 1.84. The van der Waals surface area contributed by atoms with E-state index in [1.165, 1.54) is 0 Å². The predicted molar refractivity (Wildman–Crippen MR) is 69.6 cm³/mol. The third kappa shape index (κ3) is 4.99. The molecule has 0 aliphatic heterocycles. The lowest BCUT2D eigenvalue weighted by atomic mass is 10.1. The molecular weight excluding hydrogens is 248 g/mol. The summed E-state index contributed by atoms with van der Waals surface area (Å²) in [6.07, 6.45) is 5.11. The first kappa shape index (κ1) is 15.0. The minimum atomic E-state index is -1.03. The second-order valence-electron chi connectivity index (χ2n) is 4.84. The summed E-state index contributed by atoms with van der Waals surface area (Å²) in [5, 5.41) is 14.1. The van der Waals surface area contributed by atoms with E-state index in [2.05, 4.69) is 15.6 Å². The molecule has 7 heteroatoms. The van der Waals surface area contributed by atoms with Crippen molar-refractivity contribution >= 4 is 12.0 Å². The smallest absolute Gasteiger partial charge is 0.326 e. The van der Waals surface area contributed by atoms with E-state index in [1.54, 1.807) is 32.6 Å². The van der Waals surface area contributed by atoms with E-state index in [1.807, 2.05) is 11.5 Å². The maximum absolute atomic E-state index is 11.7. The molecule has 1 aromatic heterocycles. The Morgan fingerprint density at radius 3 is 2.47 bits per heavy atom. The van der Waals surface area contributed by atoms with Crippen LogP contribution in [0.5, 0.6) is 0 Å². The Labute approximate surface area is 112 Å². The number of amides is 2. The minimum absolute atomic E-state index is 0.129. The molecule has 106 valence electrons. The van der Waals surface area contributed by atoms with Crippen LogP contribution in [0.4, 0.5) is 4.79 Å². The highest BCUT2D eigenvalue weighted by Crippen LogP contribution is 2.01. The largest absolute Gasteiger partial charge is 0.480 e. The molecule has 0 aromatic carbocycles. The summed E-state index contributed by atoms with van der Waals surface area (Å²) >= 11 is 0. The number of carbonyl (C=O) groups excluding carboxylic acids is 1. The first-order valence-corrected chi connectivity index (χ1v) is 6.15. The Kier molecular flexibility index (Phi) is 5.35. The minimum Gasteiger partial charge on any atom is -0.480 e. The van der Waals surface area contributed by atoms with Gasteiger partial charge in [-0.15, -0.1) is 0 Å². The van der Waals surface area contributed by atoms with Crippen LogP contribution in [-0.4, -0.2) is 38.7 Å². The van der Waals surface area contributed by atoms with Crippen molar-refractivity contribution in [3.63, 3.8) is 0 Å². The molecule has 0 fully saturated rings. The van der Waals surface area contributed by atoms with E-state index in [0.717, 1.165) is 0 Å². The number of urea groups is 1. The van der Waals surface area contributed by atoms with Gasteiger partial charge in [0.2, 0.25) is 0 Å². The van der Waals surface area contributed by atoms with Crippen molar-refractivity contribution in [1.82, 2.24) is 20.2 Å². The van der Waals surface area contributed by atoms with Crippen LogP contribution in [0.15, 0.2) is 18.7 Å². The van der Waals surface area contributed by atoms with Crippen LogP contribution in [0, 0.1) is 5.92 Å². The fraction of sp³-hybridized carbons (Fsp3) is 0.583. The summed E-state index contributed by atoms with van der Waals surface area (Å²) in [7, 11) is 0. The molecule has 1 rings (SSSR count). The van der Waals surface area contributed by atoms with Gasteiger partial charge in [-0.2, -0.15) is 0 Å². The summed E-state index contributed by atoms with van der Waals surface area (Å²) in [5.74, 6) is -1.21. The molecule has 7 nitrogen and oxygen atoms in total. The van der Waals surface area contributed by atoms with Crippen LogP contribution in [0.2, 0.25) is 0 Å². The van der Waals surface area contributed by atoms with Gasteiger partial charge in [-0.1, -0.05) is 13.8 Å². The van der Waals surface area contributed by atoms with Gasteiger partial charge in [0.25, 0.3) is 0 Å². The molecule has 2 unspecified atom stereocenters. The van der Waals surface area contributed by atoms with Gasteiger partial charge in [-0.3, -0.25) is 0 Å². The molecule has 0 radical (unpaired) electrons. The number of aliphatic carboxylic acids is 1. The third-order valence-electron chi connectivity index (χ3n) is 2.64. The van der Waals surface area contributed by atoms with E-state index < -0.39 is 18.0 Å². The lowest BCUT2D eigenvalue weighted by molar-refractivity contribution is -0.140. The standard InChI is InChI=1S/C12H20N4O3/c1-8(2)10(11(17)18)15-12(19)14-9(3)6-16-5-4-13-7-16/h4-5,7-10H,6H2,1-3H3,(H,17,18)(H2,14,15,19). The van der Waals surface area contributed by atoms with E-state index in [0.29, 0.717) is 6.54 Å². The van der Waals surface area contributed by atoms with Gasteiger partial charge in [-0.05, 0) is 12.8 Å². The number of rotatable bonds is 6. The quantitative estimate of drug-likeness (QED) is 0.707. The lowest BCUT2D eigenvalue weighted by Crippen LogP contribution is -2.51. The molecule has 2 atom stereocenters. The van der Waals surface area contributed by atoms with E-state index in [9.17, 15) is 9.59 Å². The van der Waals surface area contributed by atoms with Gasteiger partial charge in [0.1, 0.15) is 6.04 Å². The topological polar surface area (TPSA) is 96.3 Å². The van der Waals surface area contributed by atoms with E-state index >= 15 is 0 Å². The highest BCUT2D eigenvalue weighted by molar-refractivity contribution is 5.82. The Balaban J connectivity index is 2.43. The van der Waals surface area contributed by atoms with Crippen LogP contribution >= 0.6 is 0 Å². The zero-order valence-electron chi connectivity index (χ0n) is 11.3. The van der Waals surface area contributed by atoms with Crippen molar-refractivity contribution in [1.29, 1.82) is 0 Å². The van der Waals surface area contributed by atoms with Gasteiger partial charge < -0.3 is 20.3 Å². The normalized spacial score (nSPS) is 13.9. The van der Waals surface area contributed by atoms with Crippen LogP contribution < -0.4 is 10.6 Å². The molecule has 0 saturated heterocycles. The van der Waals surface area contributed by atoms with E-state index in [4.69, 9.17) is 5.11 Å². The van der Waals surface area contributed by atoms with Gasteiger partial charge >= 0.3 is 12.0 Å². The first-order chi connectivity index (χ1) is 8.90. The highest BCUT2D eigenvalue weighted by atomic mass is 16.4. The average molecular weight is 268 g/mol. The zero-order chi connectivity index (χ0) is 14.4. The number of nitrogens with zero attached hydrogens (tertiary/aromatic N) is 2. The van der Waals surface area contributed by atoms with Gasteiger partial charge in [0.05, 0.1) is 6.33 Å². The van der Waals surface area contributed by atoms with Crippen molar-refractivity contribution in [2.75, 3.05) is 0 Å². The van der Waals surface area contributed by atoms with Crippen LogP contribution in [-0.2, 0) is 11.3 Å². The first-order valence-electron chi connectivity index (χ1n) is 6.15. The SMILES string of the molecule is CC(Cn1ccnc1)NC(=O)NC(C(=O)O)C(C)C. The maximum Gasteiger partial charge on any atom is 0.326 e. The monoisotopic (exact) mass is 268 g/mol. The Hall–Kier alpha value is -2.05. The fourth-order valence-corrected chi connectivity index (χ4v) is 1.68. The molecule has 0 spiro atoms. The van der Waals surface area contributed by atoms with Crippen molar-refractivity contribution in [2.45, 2.75) is 39.4 Å². The van der Waals surface area contributed by atoms with Crippen molar-refractivity contribution < 1.29 is 14.7 Å². The second-order valence-corrected chi connectivity index (χ2v) is 4.84.